The maximum Gasteiger partial charge on any atom is 0.271 e. The van der Waals surface area contributed by atoms with Crippen LogP contribution in [0.3, 0.4) is 0 Å². The van der Waals surface area contributed by atoms with Crippen molar-refractivity contribution in [3.8, 4) is 0 Å². The Morgan fingerprint density at radius 3 is 2.71 bits per heavy atom. The lowest BCUT2D eigenvalue weighted by Crippen LogP contribution is -2.00. The maximum atomic E-state index is 10.5. The zero-order valence-corrected chi connectivity index (χ0v) is 8.07. The van der Waals surface area contributed by atoms with Gasteiger partial charge in [-0.2, -0.15) is 0 Å². The summed E-state index contributed by atoms with van der Waals surface area (Å²) in [5.74, 6) is -0.396. The number of rotatable bonds is 3. The van der Waals surface area contributed by atoms with Crippen LogP contribution in [0.25, 0.3) is 0 Å². The monoisotopic (exact) mass is 214 g/mol. The number of hydrogen-bond acceptors (Lipinski definition) is 3. The van der Waals surface area contributed by atoms with E-state index < -0.39 is 10.8 Å². The second-order valence-corrected chi connectivity index (χ2v) is 3.32. The zero-order valence-electron chi connectivity index (χ0n) is 7.31. The highest BCUT2D eigenvalue weighted by Gasteiger charge is 2.12. The summed E-state index contributed by atoms with van der Waals surface area (Å²) in [5.41, 5.74) is 0.473. The lowest BCUT2D eigenvalue weighted by molar-refractivity contribution is -0.384. The highest BCUT2D eigenvalue weighted by Crippen LogP contribution is 2.25. The Balaban J connectivity index is 3.13. The molecule has 1 aromatic rings. The van der Waals surface area contributed by atoms with Crippen molar-refractivity contribution in [1.82, 2.24) is 0 Å². The molecule has 75 valence electrons. The van der Waals surface area contributed by atoms with Gasteiger partial charge in [-0.3, -0.25) is 10.1 Å². The number of aliphatic hydroxyl groups is 1. The van der Waals surface area contributed by atoms with Crippen molar-refractivity contribution in [2.75, 3.05) is 6.61 Å². The minimum Gasteiger partial charge on any atom is -0.396 e. The molecule has 1 radical (unpaired) electrons. The average Bonchev–Trinajstić information content (AvgIpc) is 2.15. The van der Waals surface area contributed by atoms with E-state index in [0.29, 0.717) is 5.56 Å². The molecule has 4 nitrogen and oxygen atoms in total. The molecule has 0 saturated carbocycles. The summed E-state index contributed by atoms with van der Waals surface area (Å²) in [7, 11) is 0. The first kappa shape index (κ1) is 10.9. The number of hydrogen-bond donors (Lipinski definition) is 1. The van der Waals surface area contributed by atoms with Crippen molar-refractivity contribution < 1.29 is 10.0 Å². The summed E-state index contributed by atoms with van der Waals surface area (Å²) in [6, 6.07) is 4.18. The van der Waals surface area contributed by atoms with Gasteiger partial charge in [-0.05, 0) is 18.6 Å². The van der Waals surface area contributed by atoms with E-state index in [9.17, 15) is 10.1 Å². The molecule has 0 amide bonds. The fourth-order valence-corrected chi connectivity index (χ4v) is 1.28. The predicted molar refractivity (Wildman–Crippen MR) is 53.3 cm³/mol. The quantitative estimate of drug-likeness (QED) is 0.620. The zero-order chi connectivity index (χ0) is 10.7. The second kappa shape index (κ2) is 4.39. The van der Waals surface area contributed by atoms with Crippen LogP contribution in [0.5, 0.6) is 0 Å². The van der Waals surface area contributed by atoms with Crippen LogP contribution in [0.4, 0.5) is 5.69 Å². The normalized spacial score (nSPS) is 12.5. The largest absolute Gasteiger partial charge is 0.396 e. The molecule has 0 spiro atoms. The van der Waals surface area contributed by atoms with E-state index in [-0.39, 0.29) is 17.3 Å². The molecule has 0 aliphatic carbocycles. The third-order valence-corrected chi connectivity index (χ3v) is 2.03. The molecule has 1 unspecified atom stereocenters. The van der Waals surface area contributed by atoms with Gasteiger partial charge in [-0.25, -0.2) is 0 Å². The molecule has 1 rings (SSSR count). The third-order valence-electron chi connectivity index (χ3n) is 1.81. The van der Waals surface area contributed by atoms with Gasteiger partial charge in [-0.15, -0.1) is 0 Å². The van der Waals surface area contributed by atoms with Crippen LogP contribution in [-0.2, 0) is 0 Å². The van der Waals surface area contributed by atoms with Crippen molar-refractivity contribution in [1.29, 1.82) is 0 Å². The standard InChI is InChI=1S/C9H9ClNO3/c1-6(5-12)7-2-8(10)4-9(3-7)11(13)14/h2-4,6,12H,1,5H2. The summed E-state index contributed by atoms with van der Waals surface area (Å²) in [5, 5.41) is 19.6. The minimum atomic E-state index is -0.528. The number of nitrogens with zero attached hydrogens (tertiary/aromatic N) is 1. The van der Waals surface area contributed by atoms with Crippen LogP contribution in [-0.4, -0.2) is 16.6 Å². The van der Waals surface area contributed by atoms with Crippen molar-refractivity contribution in [3.63, 3.8) is 0 Å². The first-order chi connectivity index (χ1) is 6.54. The van der Waals surface area contributed by atoms with E-state index in [4.69, 9.17) is 16.7 Å². The fourth-order valence-electron chi connectivity index (χ4n) is 1.04. The topological polar surface area (TPSA) is 63.4 Å². The number of halogens is 1. The number of non-ortho nitro benzene ring substituents is 1. The highest BCUT2D eigenvalue weighted by atomic mass is 35.5. The molecule has 1 aromatic carbocycles. The van der Waals surface area contributed by atoms with E-state index in [2.05, 4.69) is 6.92 Å². The summed E-state index contributed by atoms with van der Waals surface area (Å²) in [6.45, 7) is 3.47. The van der Waals surface area contributed by atoms with Gasteiger partial charge in [-0.1, -0.05) is 11.6 Å². The van der Waals surface area contributed by atoms with Gasteiger partial charge < -0.3 is 5.11 Å². The second-order valence-electron chi connectivity index (χ2n) is 2.88. The van der Waals surface area contributed by atoms with Gasteiger partial charge in [0.15, 0.2) is 0 Å². The van der Waals surface area contributed by atoms with E-state index >= 15 is 0 Å². The Morgan fingerprint density at radius 1 is 1.57 bits per heavy atom. The SMILES string of the molecule is [CH2]C(CO)c1cc(Cl)cc([N+](=O)[O-])c1. The number of aliphatic hydroxyl groups excluding tert-OH is 1. The minimum absolute atomic E-state index is 0.0883. The average molecular weight is 215 g/mol. The van der Waals surface area contributed by atoms with E-state index in [0.717, 1.165) is 0 Å². The molecule has 0 heterocycles. The Labute approximate surface area is 86.3 Å². The summed E-state index contributed by atoms with van der Waals surface area (Å²) in [6.07, 6.45) is 0. The van der Waals surface area contributed by atoms with E-state index in [1.807, 2.05) is 0 Å². The van der Waals surface area contributed by atoms with Crippen molar-refractivity contribution in [3.05, 3.63) is 45.8 Å². The smallest absolute Gasteiger partial charge is 0.271 e. The number of benzene rings is 1. The lowest BCUT2D eigenvalue weighted by Gasteiger charge is -2.07. The molecular formula is C9H9ClNO3. The van der Waals surface area contributed by atoms with Gasteiger partial charge in [0.1, 0.15) is 0 Å². The molecule has 1 N–H and O–H groups in total. The summed E-state index contributed by atoms with van der Waals surface area (Å²) < 4.78 is 0. The van der Waals surface area contributed by atoms with Crippen molar-refractivity contribution in [2.45, 2.75) is 5.92 Å². The van der Waals surface area contributed by atoms with Crippen molar-refractivity contribution >= 4 is 17.3 Å². The third kappa shape index (κ3) is 2.43. The molecule has 14 heavy (non-hydrogen) atoms. The number of nitro benzene ring substituents is 1. The van der Waals surface area contributed by atoms with Crippen LogP contribution in [0.2, 0.25) is 5.02 Å². The Kier molecular flexibility index (Phi) is 3.43. The molecule has 0 aliphatic rings. The molecule has 0 aliphatic heterocycles. The van der Waals surface area contributed by atoms with Crippen LogP contribution < -0.4 is 0 Å². The Bertz CT molecular complexity index is 354. The summed E-state index contributed by atoms with van der Waals surface area (Å²) in [4.78, 5) is 9.95. The van der Waals surface area contributed by atoms with Crippen LogP contribution >= 0.6 is 11.6 Å². The molecule has 0 fully saturated rings. The highest BCUT2D eigenvalue weighted by molar-refractivity contribution is 6.30. The summed E-state index contributed by atoms with van der Waals surface area (Å²) >= 11 is 5.68. The lowest BCUT2D eigenvalue weighted by atomic mass is 10.0. The number of nitro groups is 1. The maximum absolute atomic E-state index is 10.5. The van der Waals surface area contributed by atoms with Gasteiger partial charge in [0.25, 0.3) is 5.69 Å². The molecule has 1 atom stereocenters. The predicted octanol–water partition coefficient (Wildman–Crippen LogP) is 2.16. The van der Waals surface area contributed by atoms with Crippen LogP contribution in [0.15, 0.2) is 18.2 Å². The first-order valence-corrected chi connectivity index (χ1v) is 4.31. The fraction of sp³-hybridized carbons (Fsp3) is 0.222. The van der Waals surface area contributed by atoms with Gasteiger partial charge >= 0.3 is 0 Å². The molecule has 0 saturated heterocycles. The molecular weight excluding hydrogens is 206 g/mol. The van der Waals surface area contributed by atoms with E-state index in [1.54, 1.807) is 6.07 Å². The molecule has 0 bridgehead atoms. The first-order valence-electron chi connectivity index (χ1n) is 3.93. The Morgan fingerprint density at radius 2 is 2.21 bits per heavy atom. The Hall–Kier alpha value is -1.13. The van der Waals surface area contributed by atoms with Crippen LogP contribution in [0.1, 0.15) is 11.5 Å². The molecule has 5 heteroatoms. The van der Waals surface area contributed by atoms with E-state index in [1.165, 1.54) is 12.1 Å². The molecule has 0 aromatic heterocycles. The van der Waals surface area contributed by atoms with Crippen LogP contribution in [0, 0.1) is 17.0 Å². The van der Waals surface area contributed by atoms with Crippen molar-refractivity contribution in [2.24, 2.45) is 0 Å². The van der Waals surface area contributed by atoms with Gasteiger partial charge in [0, 0.05) is 29.7 Å². The van der Waals surface area contributed by atoms with Gasteiger partial charge in [0.2, 0.25) is 0 Å². The van der Waals surface area contributed by atoms with Gasteiger partial charge in [0.05, 0.1) is 4.92 Å².